The molecule has 0 fully saturated rings. The number of carbonyl (C=O) groups excluding carboxylic acids is 1. The van der Waals surface area contributed by atoms with Gasteiger partial charge in [0, 0.05) is 5.39 Å². The van der Waals surface area contributed by atoms with Crippen molar-refractivity contribution in [2.75, 3.05) is 0 Å². The number of H-pyrrole nitrogens is 1. The van der Waals surface area contributed by atoms with Crippen LogP contribution in [0.25, 0.3) is 10.9 Å². The Morgan fingerprint density at radius 2 is 1.86 bits per heavy atom. The maximum Gasteiger partial charge on any atom is 0.272 e. The number of nitrogens with zero attached hydrogens (tertiary/aromatic N) is 1. The first-order valence-corrected chi connectivity index (χ1v) is 7.58. The van der Waals surface area contributed by atoms with Crippen molar-refractivity contribution in [1.82, 2.24) is 15.5 Å². The first kappa shape index (κ1) is 14.3. The predicted octanol–water partition coefficient (Wildman–Crippen LogP) is 3.83. The number of benzene rings is 2. The molecule has 0 spiro atoms. The number of carbonyl (C=O) groups is 1. The third-order valence-electron chi connectivity index (χ3n) is 3.77. The molecule has 0 bridgehead atoms. The molecule has 22 heavy (non-hydrogen) atoms. The summed E-state index contributed by atoms with van der Waals surface area (Å²) in [5, 5.41) is 11.0. The number of hydrogen-bond acceptors (Lipinski definition) is 2. The molecule has 2 N–H and O–H groups in total. The average Bonchev–Trinajstić information content (AvgIpc) is 2.99. The highest BCUT2D eigenvalue weighted by Gasteiger charge is 2.18. The number of nitrogens with one attached hydrogen (secondary N) is 2. The van der Waals surface area contributed by atoms with Crippen LogP contribution >= 0.6 is 0 Å². The van der Waals surface area contributed by atoms with Crippen LogP contribution < -0.4 is 5.32 Å². The number of rotatable bonds is 5. The van der Waals surface area contributed by atoms with Gasteiger partial charge in [-0.05, 0) is 18.1 Å². The van der Waals surface area contributed by atoms with E-state index in [2.05, 4.69) is 22.4 Å². The smallest absolute Gasteiger partial charge is 0.272 e. The van der Waals surface area contributed by atoms with Gasteiger partial charge in [-0.2, -0.15) is 5.10 Å². The zero-order valence-electron chi connectivity index (χ0n) is 12.5. The predicted molar refractivity (Wildman–Crippen MR) is 87.7 cm³/mol. The Hall–Kier alpha value is -2.62. The van der Waals surface area contributed by atoms with Gasteiger partial charge in [0.25, 0.3) is 5.91 Å². The van der Waals surface area contributed by atoms with Crippen LogP contribution in [0.1, 0.15) is 41.9 Å². The van der Waals surface area contributed by atoms with Crippen molar-refractivity contribution >= 4 is 16.8 Å². The summed E-state index contributed by atoms with van der Waals surface area (Å²) in [6.45, 7) is 2.12. The molecule has 0 saturated carbocycles. The fourth-order valence-electron chi connectivity index (χ4n) is 2.66. The zero-order chi connectivity index (χ0) is 15.4. The topological polar surface area (TPSA) is 57.8 Å². The second-order valence-electron chi connectivity index (χ2n) is 5.34. The highest BCUT2D eigenvalue weighted by atomic mass is 16.2. The third kappa shape index (κ3) is 2.86. The van der Waals surface area contributed by atoms with Crippen LogP contribution in [0, 0.1) is 0 Å². The largest absolute Gasteiger partial charge is 0.344 e. The van der Waals surface area contributed by atoms with E-state index in [0.717, 1.165) is 29.3 Å². The molecule has 0 aliphatic carbocycles. The Morgan fingerprint density at radius 1 is 1.14 bits per heavy atom. The summed E-state index contributed by atoms with van der Waals surface area (Å²) in [6.07, 6.45) is 1.90. The van der Waals surface area contributed by atoms with Gasteiger partial charge in [-0.3, -0.25) is 9.89 Å². The molecule has 0 saturated heterocycles. The van der Waals surface area contributed by atoms with Crippen LogP contribution in [0.15, 0.2) is 54.6 Å². The SMILES string of the molecule is CCCC(NC(=O)c1n[nH]c2ccccc12)c1ccccc1. The van der Waals surface area contributed by atoms with E-state index >= 15 is 0 Å². The Kier molecular flexibility index (Phi) is 4.19. The minimum absolute atomic E-state index is 0.00848. The fraction of sp³-hybridized carbons (Fsp3) is 0.222. The maximum atomic E-state index is 12.6. The summed E-state index contributed by atoms with van der Waals surface area (Å²) >= 11 is 0. The Balaban J connectivity index is 1.85. The Labute approximate surface area is 129 Å². The average molecular weight is 293 g/mol. The highest BCUT2D eigenvalue weighted by Crippen LogP contribution is 2.20. The van der Waals surface area contributed by atoms with Crippen LogP contribution in [0.3, 0.4) is 0 Å². The van der Waals surface area contributed by atoms with Crippen LogP contribution in [-0.4, -0.2) is 16.1 Å². The lowest BCUT2D eigenvalue weighted by molar-refractivity contribution is 0.0931. The molecule has 1 aromatic heterocycles. The van der Waals surface area contributed by atoms with Crippen molar-refractivity contribution in [3.63, 3.8) is 0 Å². The van der Waals surface area contributed by atoms with Crippen molar-refractivity contribution in [2.45, 2.75) is 25.8 Å². The normalized spacial score (nSPS) is 12.2. The summed E-state index contributed by atoms with van der Waals surface area (Å²) in [4.78, 5) is 12.6. The zero-order valence-corrected chi connectivity index (χ0v) is 12.5. The lowest BCUT2D eigenvalue weighted by Gasteiger charge is -2.18. The second-order valence-corrected chi connectivity index (χ2v) is 5.34. The molecule has 1 unspecified atom stereocenters. The Bertz CT molecular complexity index is 764. The molecule has 3 rings (SSSR count). The molecule has 1 heterocycles. The molecule has 0 aliphatic heterocycles. The summed E-state index contributed by atoms with van der Waals surface area (Å²) in [6, 6.07) is 17.7. The van der Waals surface area contributed by atoms with Gasteiger partial charge >= 0.3 is 0 Å². The Morgan fingerprint density at radius 3 is 2.64 bits per heavy atom. The first-order chi connectivity index (χ1) is 10.8. The van der Waals surface area contributed by atoms with E-state index in [0.29, 0.717) is 5.69 Å². The molecule has 112 valence electrons. The number of amides is 1. The van der Waals surface area contributed by atoms with E-state index in [1.165, 1.54) is 0 Å². The minimum Gasteiger partial charge on any atom is -0.344 e. The quantitative estimate of drug-likeness (QED) is 0.751. The van der Waals surface area contributed by atoms with E-state index in [4.69, 9.17) is 0 Å². The summed E-state index contributed by atoms with van der Waals surface area (Å²) in [5.41, 5.74) is 2.45. The second kappa shape index (κ2) is 6.43. The van der Waals surface area contributed by atoms with Gasteiger partial charge in [-0.1, -0.05) is 61.9 Å². The summed E-state index contributed by atoms with van der Waals surface area (Å²) in [7, 11) is 0. The van der Waals surface area contributed by atoms with Crippen LogP contribution in [-0.2, 0) is 0 Å². The lowest BCUT2D eigenvalue weighted by atomic mass is 10.0. The van der Waals surface area contributed by atoms with Crippen molar-refractivity contribution in [3.8, 4) is 0 Å². The van der Waals surface area contributed by atoms with Crippen molar-refractivity contribution < 1.29 is 4.79 Å². The van der Waals surface area contributed by atoms with Gasteiger partial charge < -0.3 is 5.32 Å². The molecule has 0 aliphatic rings. The number of fused-ring (bicyclic) bond motifs is 1. The lowest BCUT2D eigenvalue weighted by Crippen LogP contribution is -2.29. The number of aromatic nitrogens is 2. The molecular formula is C18H19N3O. The standard InChI is InChI=1S/C18H19N3O/c1-2-8-15(13-9-4-3-5-10-13)19-18(22)17-14-11-6-7-12-16(14)20-21-17/h3-7,9-12,15H,2,8H2,1H3,(H,19,22)(H,20,21). The molecule has 2 aromatic carbocycles. The summed E-state index contributed by atoms with van der Waals surface area (Å²) in [5.74, 6) is -0.139. The van der Waals surface area contributed by atoms with Crippen LogP contribution in [0.5, 0.6) is 0 Å². The van der Waals surface area contributed by atoms with E-state index in [9.17, 15) is 4.79 Å². The first-order valence-electron chi connectivity index (χ1n) is 7.58. The van der Waals surface area contributed by atoms with Gasteiger partial charge in [-0.25, -0.2) is 0 Å². The number of para-hydroxylation sites is 1. The monoisotopic (exact) mass is 293 g/mol. The minimum atomic E-state index is -0.139. The molecular weight excluding hydrogens is 274 g/mol. The van der Waals surface area contributed by atoms with Gasteiger partial charge in [0.05, 0.1) is 11.6 Å². The van der Waals surface area contributed by atoms with Gasteiger partial charge in [0.1, 0.15) is 0 Å². The van der Waals surface area contributed by atoms with E-state index in [1.807, 2.05) is 54.6 Å². The fourth-order valence-corrected chi connectivity index (χ4v) is 2.66. The van der Waals surface area contributed by atoms with E-state index < -0.39 is 0 Å². The summed E-state index contributed by atoms with van der Waals surface area (Å²) < 4.78 is 0. The molecule has 4 heteroatoms. The van der Waals surface area contributed by atoms with Gasteiger partial charge in [-0.15, -0.1) is 0 Å². The van der Waals surface area contributed by atoms with Gasteiger partial charge in [0.15, 0.2) is 5.69 Å². The van der Waals surface area contributed by atoms with Crippen LogP contribution in [0.2, 0.25) is 0 Å². The van der Waals surface area contributed by atoms with Gasteiger partial charge in [0.2, 0.25) is 0 Å². The molecule has 3 aromatic rings. The maximum absolute atomic E-state index is 12.6. The molecule has 4 nitrogen and oxygen atoms in total. The van der Waals surface area contributed by atoms with Crippen molar-refractivity contribution in [1.29, 1.82) is 0 Å². The molecule has 0 radical (unpaired) electrons. The molecule has 1 atom stereocenters. The third-order valence-corrected chi connectivity index (χ3v) is 3.77. The van der Waals surface area contributed by atoms with E-state index in [1.54, 1.807) is 0 Å². The number of aromatic amines is 1. The molecule has 1 amide bonds. The van der Waals surface area contributed by atoms with Crippen molar-refractivity contribution in [3.05, 3.63) is 65.9 Å². The van der Waals surface area contributed by atoms with Crippen LogP contribution in [0.4, 0.5) is 0 Å². The van der Waals surface area contributed by atoms with E-state index in [-0.39, 0.29) is 11.9 Å². The number of hydrogen-bond donors (Lipinski definition) is 2. The highest BCUT2D eigenvalue weighted by molar-refractivity contribution is 6.04. The van der Waals surface area contributed by atoms with Crippen molar-refractivity contribution in [2.24, 2.45) is 0 Å².